The second-order valence-corrected chi connectivity index (χ2v) is 12.3. The number of nitrogens with one attached hydrogen (secondary N) is 1. The molecule has 5 nitrogen and oxygen atoms in total. The summed E-state index contributed by atoms with van der Waals surface area (Å²) in [6.45, 7) is 13.9. The van der Waals surface area contributed by atoms with Gasteiger partial charge >= 0.3 is 0 Å². The number of hydrogen-bond donors (Lipinski definition) is 1. The van der Waals surface area contributed by atoms with Crippen LogP contribution in [-0.2, 0) is 16.1 Å². The minimum Gasteiger partial charge on any atom is -0.550 e. The van der Waals surface area contributed by atoms with Gasteiger partial charge < -0.3 is 19.7 Å². The lowest BCUT2D eigenvalue weighted by Gasteiger charge is -2.36. The van der Waals surface area contributed by atoms with Gasteiger partial charge in [0.15, 0.2) is 6.54 Å². The number of unbranched alkanes of at least 4 members (excludes halogenated alkanes) is 11. The van der Waals surface area contributed by atoms with Crippen molar-refractivity contribution in [3.05, 3.63) is 77.4 Å². The molecule has 0 bridgehead atoms. The van der Waals surface area contributed by atoms with Crippen molar-refractivity contribution in [1.82, 2.24) is 0 Å². The first kappa shape index (κ1) is 39.1. The van der Waals surface area contributed by atoms with Crippen molar-refractivity contribution in [2.45, 2.75) is 131 Å². The number of quaternary nitrogens is 1. The van der Waals surface area contributed by atoms with Crippen molar-refractivity contribution in [2.24, 2.45) is 0 Å². The number of allylic oxidation sites excluding steroid dienone is 2. The summed E-state index contributed by atoms with van der Waals surface area (Å²) in [5, 5.41) is 13.3. The molecule has 0 radical (unpaired) electrons. The summed E-state index contributed by atoms with van der Waals surface area (Å²) in [5.41, 5.74) is 4.45. The number of likely N-dealkylation sites (N-methyl/N-ethyl adjacent to an activating group) is 1. The van der Waals surface area contributed by atoms with Gasteiger partial charge in [-0.3, -0.25) is 4.79 Å². The van der Waals surface area contributed by atoms with Crippen LogP contribution in [0.3, 0.4) is 0 Å². The standard InChI is InChI=1S/C21H28N2O.C18H34O2/c1-5-23(6-2,15-19-13-8-7-9-14-19)16-20(24)22-21-17(3)11-10-12-18(21)4;1-2-3-4-5-6-7-8-9-10-11-12-13-14-15-16-17-18(19)20/h7-14H,5-6,15-16H2,1-4H3;9-10H,2-8,11-17H2,1H3,(H,19,20)/b;10-9-. The number of carboxylic acid groups (broad SMARTS) is 1. The zero-order chi connectivity index (χ0) is 32.5. The molecule has 1 amide bonds. The highest BCUT2D eigenvalue weighted by Gasteiger charge is 2.27. The maximum absolute atomic E-state index is 12.7. The van der Waals surface area contributed by atoms with Crippen LogP contribution in [-0.4, -0.2) is 36.0 Å². The summed E-state index contributed by atoms with van der Waals surface area (Å²) in [7, 11) is 0. The molecule has 2 rings (SSSR count). The third kappa shape index (κ3) is 18.0. The largest absolute Gasteiger partial charge is 0.550 e. The number of carboxylic acids is 1. The smallest absolute Gasteiger partial charge is 0.279 e. The van der Waals surface area contributed by atoms with E-state index in [1.165, 1.54) is 69.8 Å². The summed E-state index contributed by atoms with van der Waals surface area (Å²) >= 11 is 0. The number of carbonyl (C=O) groups excluding carboxylic acids is 2. The molecule has 2 aromatic rings. The summed E-state index contributed by atoms with van der Waals surface area (Å²) < 4.78 is 0.765. The minimum atomic E-state index is -0.914. The summed E-state index contributed by atoms with van der Waals surface area (Å²) in [4.78, 5) is 22.9. The van der Waals surface area contributed by atoms with E-state index in [0.29, 0.717) is 6.54 Å². The van der Waals surface area contributed by atoms with E-state index in [0.717, 1.165) is 60.2 Å². The topological polar surface area (TPSA) is 69.2 Å². The van der Waals surface area contributed by atoms with Crippen molar-refractivity contribution in [3.8, 4) is 0 Å². The number of aliphatic carboxylic acids is 1. The lowest BCUT2D eigenvalue weighted by molar-refractivity contribution is -0.930. The maximum Gasteiger partial charge on any atom is 0.279 e. The van der Waals surface area contributed by atoms with E-state index in [-0.39, 0.29) is 12.3 Å². The number of anilines is 1. The minimum absolute atomic E-state index is 0.0898. The highest BCUT2D eigenvalue weighted by molar-refractivity contribution is 5.93. The Kier molecular flexibility index (Phi) is 21.7. The summed E-state index contributed by atoms with van der Waals surface area (Å²) in [6, 6.07) is 16.5. The molecule has 0 saturated carbocycles. The van der Waals surface area contributed by atoms with Crippen LogP contribution < -0.4 is 10.4 Å². The van der Waals surface area contributed by atoms with E-state index in [1.807, 2.05) is 38.1 Å². The Balaban J connectivity index is 0.000000449. The Morgan fingerprint density at radius 3 is 1.75 bits per heavy atom. The Labute approximate surface area is 269 Å². The number of benzene rings is 2. The molecule has 0 heterocycles. The zero-order valence-corrected chi connectivity index (χ0v) is 28.7. The monoisotopic (exact) mass is 606 g/mol. The van der Waals surface area contributed by atoms with Crippen LogP contribution in [0.2, 0.25) is 0 Å². The third-order valence-electron chi connectivity index (χ3n) is 8.57. The second kappa shape index (κ2) is 24.4. The van der Waals surface area contributed by atoms with Gasteiger partial charge in [-0.1, -0.05) is 119 Å². The van der Waals surface area contributed by atoms with Gasteiger partial charge in [-0.2, -0.15) is 0 Å². The Morgan fingerprint density at radius 2 is 1.23 bits per heavy atom. The van der Waals surface area contributed by atoms with Crippen LogP contribution in [0, 0.1) is 13.8 Å². The molecule has 0 unspecified atom stereocenters. The molecule has 1 N–H and O–H groups in total. The summed E-state index contributed by atoms with van der Waals surface area (Å²) in [5.74, 6) is -0.824. The van der Waals surface area contributed by atoms with Gasteiger partial charge in [0.25, 0.3) is 5.91 Å². The van der Waals surface area contributed by atoms with Crippen molar-refractivity contribution < 1.29 is 19.2 Å². The van der Waals surface area contributed by atoms with Crippen LogP contribution >= 0.6 is 0 Å². The summed E-state index contributed by atoms with van der Waals surface area (Å²) in [6.07, 6.45) is 20.9. The van der Waals surface area contributed by atoms with Gasteiger partial charge in [0.1, 0.15) is 6.54 Å². The third-order valence-corrected chi connectivity index (χ3v) is 8.57. The highest BCUT2D eigenvalue weighted by atomic mass is 16.4. The van der Waals surface area contributed by atoms with E-state index in [4.69, 9.17) is 0 Å². The van der Waals surface area contributed by atoms with Crippen molar-refractivity contribution in [2.75, 3.05) is 25.0 Å². The fourth-order valence-corrected chi connectivity index (χ4v) is 5.53. The van der Waals surface area contributed by atoms with E-state index in [1.54, 1.807) is 0 Å². The van der Waals surface area contributed by atoms with E-state index < -0.39 is 5.97 Å². The van der Waals surface area contributed by atoms with Gasteiger partial charge in [0, 0.05) is 17.2 Å². The van der Waals surface area contributed by atoms with Crippen LogP contribution in [0.5, 0.6) is 0 Å². The molecule has 0 spiro atoms. The molecule has 0 atom stereocenters. The van der Waals surface area contributed by atoms with Gasteiger partial charge in [0.05, 0.1) is 13.1 Å². The molecule has 0 aliphatic heterocycles. The molecule has 44 heavy (non-hydrogen) atoms. The fraction of sp³-hybridized carbons (Fsp3) is 0.590. The van der Waals surface area contributed by atoms with E-state index in [9.17, 15) is 14.7 Å². The predicted octanol–water partition coefficient (Wildman–Crippen LogP) is 9.07. The van der Waals surface area contributed by atoms with E-state index >= 15 is 0 Å². The lowest BCUT2D eigenvalue weighted by atomic mass is 10.1. The number of rotatable bonds is 22. The molecular formula is C39H62N2O3. The van der Waals surface area contributed by atoms with E-state index in [2.05, 4.69) is 62.5 Å². The molecular weight excluding hydrogens is 544 g/mol. The van der Waals surface area contributed by atoms with Crippen LogP contribution in [0.1, 0.15) is 127 Å². The molecule has 0 aromatic heterocycles. The lowest BCUT2D eigenvalue weighted by Crippen LogP contribution is -2.51. The number of carbonyl (C=O) groups is 2. The number of nitrogens with zero attached hydrogens (tertiary/aromatic N) is 1. The average Bonchev–Trinajstić information content (AvgIpc) is 3.01. The van der Waals surface area contributed by atoms with Crippen molar-refractivity contribution in [1.29, 1.82) is 0 Å². The fourth-order valence-electron chi connectivity index (χ4n) is 5.53. The zero-order valence-electron chi connectivity index (χ0n) is 28.7. The normalized spacial score (nSPS) is 11.3. The van der Waals surface area contributed by atoms with Crippen LogP contribution in [0.4, 0.5) is 5.69 Å². The Hall–Kier alpha value is -2.92. The predicted molar refractivity (Wildman–Crippen MR) is 185 cm³/mol. The number of amides is 1. The molecule has 0 aliphatic carbocycles. The molecule has 5 heteroatoms. The van der Waals surface area contributed by atoms with Gasteiger partial charge in [0.2, 0.25) is 0 Å². The average molecular weight is 607 g/mol. The molecule has 0 fully saturated rings. The van der Waals surface area contributed by atoms with Crippen molar-refractivity contribution >= 4 is 17.6 Å². The van der Waals surface area contributed by atoms with Gasteiger partial charge in [-0.25, -0.2) is 0 Å². The molecule has 2 aromatic carbocycles. The van der Waals surface area contributed by atoms with Crippen LogP contribution in [0.15, 0.2) is 60.7 Å². The highest BCUT2D eigenvalue weighted by Crippen LogP contribution is 2.21. The first-order valence-electron chi connectivity index (χ1n) is 17.4. The number of para-hydroxylation sites is 1. The first-order chi connectivity index (χ1) is 21.3. The molecule has 0 saturated heterocycles. The number of aryl methyl sites for hydroxylation is 2. The first-order valence-corrected chi connectivity index (χ1v) is 17.4. The van der Waals surface area contributed by atoms with Gasteiger partial charge in [-0.15, -0.1) is 0 Å². The second-order valence-electron chi connectivity index (χ2n) is 12.3. The van der Waals surface area contributed by atoms with Gasteiger partial charge in [-0.05, 0) is 77.3 Å². The Bertz CT molecular complexity index is 1040. The SMILES string of the molecule is CCCCCCCC/C=C\CCCCCCCC(=O)[O-].CC[N+](CC)(CC(=O)Nc1c(C)cccc1C)Cc1ccccc1. The quantitative estimate of drug-likeness (QED) is 0.0826. The van der Waals surface area contributed by atoms with Crippen molar-refractivity contribution in [3.63, 3.8) is 0 Å². The Morgan fingerprint density at radius 1 is 0.705 bits per heavy atom. The number of hydrogen-bond acceptors (Lipinski definition) is 3. The molecule has 0 aliphatic rings. The van der Waals surface area contributed by atoms with Crippen LogP contribution in [0.25, 0.3) is 0 Å². The molecule has 246 valence electrons. The maximum atomic E-state index is 12.7.